The van der Waals surface area contributed by atoms with E-state index in [0.29, 0.717) is 12.0 Å². The average molecular weight is 242 g/mol. The van der Waals surface area contributed by atoms with Crippen LogP contribution in [0.5, 0.6) is 0 Å². The minimum absolute atomic E-state index is 0.594. The zero-order valence-electron chi connectivity index (χ0n) is 10.2. The van der Waals surface area contributed by atoms with Crippen LogP contribution < -0.4 is 5.32 Å². The summed E-state index contributed by atoms with van der Waals surface area (Å²) in [5.41, 5.74) is 0. The number of nitrogens with one attached hydrogen (secondary N) is 1. The van der Waals surface area contributed by atoms with Gasteiger partial charge in [-0.2, -0.15) is 0 Å². The van der Waals surface area contributed by atoms with Gasteiger partial charge in [0.2, 0.25) is 0 Å². The van der Waals surface area contributed by atoms with Gasteiger partial charge in [-0.05, 0) is 24.7 Å². The molecule has 0 amide bonds. The van der Waals surface area contributed by atoms with Gasteiger partial charge in [-0.1, -0.05) is 25.6 Å². The van der Waals surface area contributed by atoms with E-state index in [2.05, 4.69) is 24.2 Å². The van der Waals surface area contributed by atoms with E-state index in [9.17, 15) is 0 Å². The van der Waals surface area contributed by atoms with E-state index in [-0.39, 0.29) is 0 Å². The van der Waals surface area contributed by atoms with E-state index in [4.69, 9.17) is 4.74 Å². The Morgan fingerprint density at radius 1 is 1.50 bits per heavy atom. The van der Waals surface area contributed by atoms with Gasteiger partial charge in [0, 0.05) is 18.4 Å². The van der Waals surface area contributed by atoms with Gasteiger partial charge in [0.05, 0.1) is 13.2 Å². The van der Waals surface area contributed by atoms with E-state index in [0.717, 1.165) is 36.6 Å². The third kappa shape index (κ3) is 3.98. The monoisotopic (exact) mass is 242 g/mol. The van der Waals surface area contributed by atoms with Crippen molar-refractivity contribution in [2.45, 2.75) is 32.7 Å². The van der Waals surface area contributed by atoms with Crippen LogP contribution in [0.15, 0.2) is 4.99 Å². The smallest absolute Gasteiger partial charge is 0.156 e. The van der Waals surface area contributed by atoms with E-state index in [1.165, 1.54) is 12.8 Å². The number of amidine groups is 1. The van der Waals surface area contributed by atoms with Gasteiger partial charge < -0.3 is 10.1 Å². The van der Waals surface area contributed by atoms with Crippen molar-refractivity contribution < 1.29 is 4.74 Å². The predicted octanol–water partition coefficient (Wildman–Crippen LogP) is 2.13. The molecule has 1 aliphatic carbocycles. The highest BCUT2D eigenvalue weighted by atomic mass is 32.2. The molecule has 1 N–H and O–H groups in total. The number of hydrogen-bond donors (Lipinski definition) is 1. The maximum absolute atomic E-state index is 5.55. The van der Waals surface area contributed by atoms with Gasteiger partial charge in [0.15, 0.2) is 5.17 Å². The Balaban J connectivity index is 1.56. The number of rotatable bonds is 6. The van der Waals surface area contributed by atoms with E-state index in [1.54, 1.807) is 0 Å². The summed E-state index contributed by atoms with van der Waals surface area (Å²) in [5, 5.41) is 4.57. The standard InChI is InChI=1S/C12H22N2OS/c1-9(2)11-8-16-12(14-11)13-5-6-15-7-10-3-4-10/h9-11H,3-8H2,1-2H3,(H,13,14). The molecule has 0 spiro atoms. The van der Waals surface area contributed by atoms with Crippen molar-refractivity contribution in [3.8, 4) is 0 Å². The average Bonchev–Trinajstić information content (AvgIpc) is 2.94. The summed E-state index contributed by atoms with van der Waals surface area (Å²) in [6.45, 7) is 7.02. The maximum atomic E-state index is 5.55. The number of aliphatic imine (C=N–C) groups is 1. The Morgan fingerprint density at radius 3 is 2.94 bits per heavy atom. The second-order valence-electron chi connectivity index (χ2n) is 5.01. The molecule has 2 fully saturated rings. The molecule has 92 valence electrons. The van der Waals surface area contributed by atoms with Crippen molar-refractivity contribution in [2.75, 3.05) is 25.5 Å². The van der Waals surface area contributed by atoms with Crippen LogP contribution in [0.2, 0.25) is 0 Å². The van der Waals surface area contributed by atoms with Crippen LogP contribution in [0, 0.1) is 11.8 Å². The quantitative estimate of drug-likeness (QED) is 0.724. The zero-order valence-corrected chi connectivity index (χ0v) is 11.1. The molecule has 0 radical (unpaired) electrons. The third-order valence-electron chi connectivity index (χ3n) is 3.05. The van der Waals surface area contributed by atoms with Crippen LogP contribution in [0.3, 0.4) is 0 Å². The number of ether oxygens (including phenoxy) is 1. The molecule has 1 saturated heterocycles. The first-order valence-corrected chi connectivity index (χ1v) is 7.26. The molecule has 0 aromatic heterocycles. The van der Waals surface area contributed by atoms with Gasteiger partial charge in [-0.15, -0.1) is 0 Å². The molecular formula is C12H22N2OS. The molecule has 0 aromatic carbocycles. The van der Waals surface area contributed by atoms with Gasteiger partial charge in [0.25, 0.3) is 0 Å². The predicted molar refractivity (Wildman–Crippen MR) is 70.1 cm³/mol. The Morgan fingerprint density at radius 2 is 2.31 bits per heavy atom. The molecule has 4 heteroatoms. The number of thioether (sulfide) groups is 1. The minimum atomic E-state index is 0.594. The Labute approximate surface area is 102 Å². The summed E-state index contributed by atoms with van der Waals surface area (Å²) in [6.07, 6.45) is 2.73. The van der Waals surface area contributed by atoms with Crippen molar-refractivity contribution in [2.24, 2.45) is 16.8 Å². The summed E-state index contributed by atoms with van der Waals surface area (Å²) in [5.74, 6) is 2.70. The van der Waals surface area contributed by atoms with Gasteiger partial charge in [-0.25, -0.2) is 0 Å². The lowest BCUT2D eigenvalue weighted by molar-refractivity contribution is 0.132. The first-order chi connectivity index (χ1) is 7.75. The fraction of sp³-hybridized carbons (Fsp3) is 0.917. The fourth-order valence-corrected chi connectivity index (χ4v) is 2.83. The second kappa shape index (κ2) is 5.92. The van der Waals surface area contributed by atoms with E-state index >= 15 is 0 Å². The largest absolute Gasteiger partial charge is 0.379 e. The summed E-state index contributed by atoms with van der Waals surface area (Å²) < 4.78 is 5.55. The van der Waals surface area contributed by atoms with Crippen molar-refractivity contribution in [1.82, 2.24) is 5.32 Å². The SMILES string of the molecule is CC(C)C1CSC(=NCCOCC2CC2)N1. The second-order valence-corrected chi connectivity index (χ2v) is 6.02. The van der Waals surface area contributed by atoms with Gasteiger partial charge in [-0.3, -0.25) is 4.99 Å². The highest BCUT2D eigenvalue weighted by Crippen LogP contribution is 2.28. The molecule has 3 nitrogen and oxygen atoms in total. The highest BCUT2D eigenvalue weighted by molar-refractivity contribution is 8.14. The maximum Gasteiger partial charge on any atom is 0.156 e. The summed E-state index contributed by atoms with van der Waals surface area (Å²) in [7, 11) is 0. The third-order valence-corrected chi connectivity index (χ3v) is 4.10. The van der Waals surface area contributed by atoms with Crippen LogP contribution in [0.1, 0.15) is 26.7 Å². The molecule has 1 atom stereocenters. The lowest BCUT2D eigenvalue weighted by Gasteiger charge is -2.13. The summed E-state index contributed by atoms with van der Waals surface area (Å²) in [4.78, 5) is 4.52. The van der Waals surface area contributed by atoms with E-state index < -0.39 is 0 Å². The molecule has 0 bridgehead atoms. The molecule has 2 rings (SSSR count). The first kappa shape index (κ1) is 12.2. The summed E-state index contributed by atoms with van der Waals surface area (Å²) in [6, 6.07) is 0.594. The van der Waals surface area contributed by atoms with Crippen LogP contribution in [0.25, 0.3) is 0 Å². The van der Waals surface area contributed by atoms with E-state index in [1.807, 2.05) is 11.8 Å². The molecule has 16 heavy (non-hydrogen) atoms. The van der Waals surface area contributed by atoms with Crippen LogP contribution in [-0.4, -0.2) is 36.7 Å². The lowest BCUT2D eigenvalue weighted by atomic mass is 10.1. The van der Waals surface area contributed by atoms with Crippen molar-refractivity contribution in [3.05, 3.63) is 0 Å². The van der Waals surface area contributed by atoms with Crippen LogP contribution >= 0.6 is 11.8 Å². The highest BCUT2D eigenvalue weighted by Gasteiger charge is 2.23. The Bertz CT molecular complexity index is 251. The van der Waals surface area contributed by atoms with Gasteiger partial charge in [0.1, 0.15) is 0 Å². The molecular weight excluding hydrogens is 220 g/mol. The minimum Gasteiger partial charge on any atom is -0.379 e. The zero-order chi connectivity index (χ0) is 11.4. The normalized spacial score (nSPS) is 27.7. The Kier molecular flexibility index (Phi) is 4.53. The topological polar surface area (TPSA) is 33.6 Å². The number of hydrogen-bond acceptors (Lipinski definition) is 3. The van der Waals surface area contributed by atoms with Crippen LogP contribution in [0.4, 0.5) is 0 Å². The van der Waals surface area contributed by atoms with Crippen LogP contribution in [-0.2, 0) is 4.74 Å². The fourth-order valence-electron chi connectivity index (χ4n) is 1.61. The van der Waals surface area contributed by atoms with Crippen molar-refractivity contribution in [1.29, 1.82) is 0 Å². The molecule has 2 aliphatic rings. The first-order valence-electron chi connectivity index (χ1n) is 6.27. The van der Waals surface area contributed by atoms with Crippen molar-refractivity contribution >= 4 is 16.9 Å². The van der Waals surface area contributed by atoms with Gasteiger partial charge >= 0.3 is 0 Å². The molecule has 0 aromatic rings. The van der Waals surface area contributed by atoms with Crippen molar-refractivity contribution in [3.63, 3.8) is 0 Å². The number of nitrogens with zero attached hydrogens (tertiary/aromatic N) is 1. The summed E-state index contributed by atoms with van der Waals surface area (Å²) >= 11 is 1.84. The Hall–Kier alpha value is -0.220. The molecule has 1 unspecified atom stereocenters. The molecule has 1 saturated carbocycles. The molecule has 1 aliphatic heterocycles. The lowest BCUT2D eigenvalue weighted by Crippen LogP contribution is -2.31. The molecule has 1 heterocycles.